The lowest BCUT2D eigenvalue weighted by Crippen LogP contribution is -2.38. The number of hydrogen-bond donors (Lipinski definition) is 1. The van der Waals surface area contributed by atoms with E-state index in [4.69, 9.17) is 19.2 Å². The molecule has 0 saturated heterocycles. The number of aliphatic imine (C=N–C) groups is 1. The molecule has 2 heterocycles. The molecule has 2 aromatic carbocycles. The third-order valence-corrected chi connectivity index (χ3v) is 7.24. The van der Waals surface area contributed by atoms with Crippen molar-refractivity contribution >= 4 is 28.8 Å². The van der Waals surface area contributed by atoms with Crippen LogP contribution in [0.1, 0.15) is 58.2 Å². The molecule has 0 bridgehead atoms. The minimum absolute atomic E-state index is 0.0830. The summed E-state index contributed by atoms with van der Waals surface area (Å²) in [7, 11) is 1.59. The molecule has 0 spiro atoms. The van der Waals surface area contributed by atoms with Crippen LogP contribution in [-0.2, 0) is 20.9 Å². The van der Waals surface area contributed by atoms with Crippen LogP contribution < -0.4 is 14.8 Å². The maximum Gasteiger partial charge on any atom is 0.338 e. The fourth-order valence-electron chi connectivity index (χ4n) is 4.48. The van der Waals surface area contributed by atoms with Gasteiger partial charge < -0.3 is 24.4 Å². The highest BCUT2D eigenvalue weighted by Crippen LogP contribution is 2.46. The van der Waals surface area contributed by atoms with E-state index < -0.39 is 12.0 Å². The highest BCUT2D eigenvalue weighted by atomic mass is 32.2. The minimum Gasteiger partial charge on any atom is -0.493 e. The van der Waals surface area contributed by atoms with Gasteiger partial charge in [-0.2, -0.15) is 0 Å². The van der Waals surface area contributed by atoms with Gasteiger partial charge in [-0.15, -0.1) is 0 Å². The second-order valence-electron chi connectivity index (χ2n) is 10.4. The summed E-state index contributed by atoms with van der Waals surface area (Å²) in [6.07, 6.45) is -0.136. The first-order valence-electron chi connectivity index (χ1n) is 13.4. The van der Waals surface area contributed by atoms with Crippen molar-refractivity contribution in [1.82, 2.24) is 10.2 Å². The van der Waals surface area contributed by atoms with E-state index in [1.165, 1.54) is 11.8 Å². The van der Waals surface area contributed by atoms with Gasteiger partial charge in [-0.05, 0) is 55.4 Å². The topological polar surface area (TPSA) is 89.5 Å². The molecule has 8 nitrogen and oxygen atoms in total. The molecule has 4 rings (SSSR count). The van der Waals surface area contributed by atoms with E-state index in [9.17, 15) is 9.59 Å². The molecule has 2 aliphatic heterocycles. The van der Waals surface area contributed by atoms with Crippen LogP contribution >= 0.6 is 11.8 Å². The average Bonchev–Trinajstić information content (AvgIpc) is 3.31. The minimum atomic E-state index is -0.560. The number of ether oxygens (including phenoxy) is 3. The molecule has 2 aliphatic rings. The number of carbonyl (C=O) groups is 2. The summed E-state index contributed by atoms with van der Waals surface area (Å²) in [4.78, 5) is 32.9. The van der Waals surface area contributed by atoms with E-state index in [1.54, 1.807) is 7.11 Å². The van der Waals surface area contributed by atoms with E-state index in [1.807, 2.05) is 79.6 Å². The Kier molecular flexibility index (Phi) is 9.58. The van der Waals surface area contributed by atoms with E-state index in [2.05, 4.69) is 19.2 Å². The molecule has 9 heteroatoms. The van der Waals surface area contributed by atoms with Gasteiger partial charge in [0.25, 0.3) is 0 Å². The molecule has 2 aromatic rings. The lowest BCUT2D eigenvalue weighted by atomic mass is 9.93. The van der Waals surface area contributed by atoms with E-state index in [-0.39, 0.29) is 18.4 Å². The number of amidine groups is 1. The summed E-state index contributed by atoms with van der Waals surface area (Å²) in [5.74, 6) is 0.948. The number of thioether (sulfide) groups is 1. The Morgan fingerprint density at radius 3 is 2.50 bits per heavy atom. The molecule has 0 aromatic heterocycles. The highest BCUT2D eigenvalue weighted by molar-refractivity contribution is 8.16. The second-order valence-corrected chi connectivity index (χ2v) is 11.2. The third-order valence-electron chi connectivity index (χ3n) is 6.35. The van der Waals surface area contributed by atoms with Crippen molar-refractivity contribution in [1.29, 1.82) is 0 Å². The van der Waals surface area contributed by atoms with Crippen molar-refractivity contribution in [2.24, 2.45) is 10.9 Å². The summed E-state index contributed by atoms with van der Waals surface area (Å²) in [6, 6.07) is 15.0. The van der Waals surface area contributed by atoms with Crippen molar-refractivity contribution in [2.45, 2.75) is 59.8 Å². The van der Waals surface area contributed by atoms with Gasteiger partial charge in [-0.25, -0.2) is 9.79 Å². The Hall–Kier alpha value is -3.72. The Bertz CT molecular complexity index is 1330. The van der Waals surface area contributed by atoms with Gasteiger partial charge in [-0.1, -0.05) is 62.0 Å². The van der Waals surface area contributed by atoms with Gasteiger partial charge in [-0.3, -0.25) is 4.79 Å². The van der Waals surface area contributed by atoms with Crippen molar-refractivity contribution in [3.05, 3.63) is 82.0 Å². The van der Waals surface area contributed by atoms with Crippen LogP contribution in [0.4, 0.5) is 0 Å². The molecular weight excluding hydrogens is 526 g/mol. The number of esters is 1. The number of nitrogens with one attached hydrogen (secondary N) is 1. The van der Waals surface area contributed by atoms with Gasteiger partial charge >= 0.3 is 5.97 Å². The summed E-state index contributed by atoms with van der Waals surface area (Å²) in [5.41, 5.74) is 3.60. The van der Waals surface area contributed by atoms with Gasteiger partial charge in [0, 0.05) is 12.2 Å². The van der Waals surface area contributed by atoms with Crippen LogP contribution in [0.5, 0.6) is 11.5 Å². The van der Waals surface area contributed by atoms with Crippen LogP contribution in [0.25, 0.3) is 0 Å². The number of methoxy groups -OCH3 is 1. The number of amides is 1. The van der Waals surface area contributed by atoms with Crippen LogP contribution in [0, 0.1) is 5.92 Å². The number of carbonyl (C=O) groups excluding carboxylic acids is 2. The summed E-state index contributed by atoms with van der Waals surface area (Å²) in [5, 5.41) is 5.62. The molecular formula is C31H37N3O5S. The highest BCUT2D eigenvalue weighted by Gasteiger charge is 2.41. The van der Waals surface area contributed by atoms with Gasteiger partial charge in [0.2, 0.25) is 5.91 Å². The Morgan fingerprint density at radius 1 is 1.07 bits per heavy atom. The maximum atomic E-state index is 13.4. The smallest absolute Gasteiger partial charge is 0.338 e. The van der Waals surface area contributed by atoms with Crippen molar-refractivity contribution < 1.29 is 23.8 Å². The average molecular weight is 564 g/mol. The zero-order chi connectivity index (χ0) is 28.8. The molecule has 1 N–H and O–H groups in total. The normalized spacial score (nSPS) is 16.5. The van der Waals surface area contributed by atoms with E-state index in [0.29, 0.717) is 47.0 Å². The molecule has 1 atom stereocenters. The monoisotopic (exact) mass is 563 g/mol. The number of benzene rings is 2. The first kappa shape index (κ1) is 29.3. The van der Waals surface area contributed by atoms with Crippen molar-refractivity contribution in [3.8, 4) is 11.5 Å². The van der Waals surface area contributed by atoms with Gasteiger partial charge in [0.1, 0.15) is 6.61 Å². The van der Waals surface area contributed by atoms with Crippen LogP contribution in [0.2, 0.25) is 0 Å². The number of rotatable bonds is 11. The zero-order valence-electron chi connectivity index (χ0n) is 23.9. The van der Waals surface area contributed by atoms with Crippen molar-refractivity contribution in [3.63, 3.8) is 0 Å². The van der Waals surface area contributed by atoms with Gasteiger partial charge in [0.15, 0.2) is 16.7 Å². The molecule has 1 amide bonds. The quantitative estimate of drug-likeness (QED) is 0.337. The molecule has 0 aliphatic carbocycles. The second kappa shape index (κ2) is 13.1. The molecule has 0 fully saturated rings. The summed E-state index contributed by atoms with van der Waals surface area (Å²) < 4.78 is 17.5. The molecule has 0 unspecified atom stereocenters. The van der Waals surface area contributed by atoms with Crippen LogP contribution in [0.15, 0.2) is 75.9 Å². The Labute approximate surface area is 240 Å². The summed E-state index contributed by atoms with van der Waals surface area (Å²) in [6.45, 7) is 10.5. The lowest BCUT2D eigenvalue weighted by Gasteiger charge is -2.36. The fourth-order valence-corrected chi connectivity index (χ4v) is 5.44. The fraction of sp³-hybridized carbons (Fsp3) is 0.387. The van der Waals surface area contributed by atoms with Gasteiger partial charge in [0.05, 0.1) is 36.9 Å². The molecule has 0 radical (unpaired) electrons. The standard InChI is InChI=1S/C31H37N3O5S/c1-19(2)16-32-27(35)15-24-18-40-31-33-21(5)28(30(36)39-20(3)4)29(34(24)31)23-12-13-25(26(14-23)37-6)38-17-22-10-8-7-9-11-22/h7-14,18-20,29H,15-17H2,1-6H3,(H,32,35)/t29-/m0/s1. The predicted molar refractivity (Wildman–Crippen MR) is 158 cm³/mol. The first-order chi connectivity index (χ1) is 19.2. The van der Waals surface area contributed by atoms with Crippen LogP contribution in [-0.4, -0.2) is 41.7 Å². The van der Waals surface area contributed by atoms with E-state index in [0.717, 1.165) is 16.8 Å². The SMILES string of the molecule is COc1cc([C@H]2C(C(=O)OC(C)C)=C(C)N=C3SC=C(CC(=O)NCC(C)C)N32)ccc1OCc1ccccc1. The van der Waals surface area contributed by atoms with Crippen LogP contribution in [0.3, 0.4) is 0 Å². The number of fused-ring (bicyclic) bond motifs is 1. The van der Waals surface area contributed by atoms with E-state index >= 15 is 0 Å². The molecule has 212 valence electrons. The summed E-state index contributed by atoms with van der Waals surface area (Å²) >= 11 is 1.44. The Morgan fingerprint density at radius 2 is 1.82 bits per heavy atom. The third kappa shape index (κ3) is 6.88. The largest absolute Gasteiger partial charge is 0.493 e. The number of hydrogen-bond acceptors (Lipinski definition) is 8. The van der Waals surface area contributed by atoms with Crippen molar-refractivity contribution in [2.75, 3.05) is 13.7 Å². The lowest BCUT2D eigenvalue weighted by molar-refractivity contribution is -0.143. The molecule has 40 heavy (non-hydrogen) atoms. The Balaban J connectivity index is 1.69. The number of nitrogens with zero attached hydrogens (tertiary/aromatic N) is 2. The predicted octanol–water partition coefficient (Wildman–Crippen LogP) is 5.96. The first-order valence-corrected chi connectivity index (χ1v) is 14.3. The maximum absolute atomic E-state index is 13.4. The number of allylic oxidation sites excluding steroid dienone is 1. The zero-order valence-corrected chi connectivity index (χ0v) is 24.7. The molecule has 0 saturated carbocycles.